The van der Waals surface area contributed by atoms with Gasteiger partial charge in [0.15, 0.2) is 0 Å². The van der Waals surface area contributed by atoms with E-state index in [-0.39, 0.29) is 0 Å². The zero-order chi connectivity index (χ0) is 16.1. The van der Waals surface area contributed by atoms with Gasteiger partial charge in [0.1, 0.15) is 11.6 Å². The summed E-state index contributed by atoms with van der Waals surface area (Å²) in [5, 5.41) is 0. The number of ether oxygens (including phenoxy) is 1. The van der Waals surface area contributed by atoms with E-state index in [0.29, 0.717) is 0 Å². The molecule has 120 valence electrons. The largest absolute Gasteiger partial charge is 0.494 e. The van der Waals surface area contributed by atoms with E-state index >= 15 is 0 Å². The molecule has 3 aromatic rings. The molecule has 1 heterocycles. The average Bonchev–Trinajstić information content (AvgIpc) is 2.90. The van der Waals surface area contributed by atoms with Crippen molar-refractivity contribution in [2.24, 2.45) is 0 Å². The lowest BCUT2D eigenvalue weighted by molar-refractivity contribution is 0.309. The molecule has 4 nitrogen and oxygen atoms in total. The first kappa shape index (κ1) is 15.4. The number of nitrogens with one attached hydrogen (secondary N) is 1. The highest BCUT2D eigenvalue weighted by molar-refractivity contribution is 5.76. The summed E-state index contributed by atoms with van der Waals surface area (Å²) in [6, 6.07) is 16.4. The highest BCUT2D eigenvalue weighted by Gasteiger charge is 2.06. The van der Waals surface area contributed by atoms with Gasteiger partial charge in [0, 0.05) is 0 Å². The van der Waals surface area contributed by atoms with Crippen molar-refractivity contribution in [3.63, 3.8) is 0 Å². The maximum absolute atomic E-state index is 5.69. The average molecular weight is 309 g/mol. The van der Waals surface area contributed by atoms with E-state index < -0.39 is 0 Å². The number of benzene rings is 2. The maximum atomic E-state index is 5.69. The van der Waals surface area contributed by atoms with Crippen molar-refractivity contribution in [2.45, 2.75) is 33.2 Å². The Morgan fingerprint density at radius 3 is 2.65 bits per heavy atom. The molecule has 3 rings (SSSR count). The molecule has 1 N–H and O–H groups in total. The fraction of sp³-hybridized carbons (Fsp3) is 0.316. The van der Waals surface area contributed by atoms with Crippen LogP contribution in [0.5, 0.6) is 5.75 Å². The number of fused-ring (bicyclic) bond motifs is 1. The van der Waals surface area contributed by atoms with Gasteiger partial charge in [0.25, 0.3) is 0 Å². The molecule has 0 spiro atoms. The minimum absolute atomic E-state index is 0.746. The Bertz CT molecular complexity index is 762. The molecule has 0 atom stereocenters. The molecule has 4 heteroatoms. The van der Waals surface area contributed by atoms with Crippen LogP contribution in [-0.2, 0) is 6.54 Å². The van der Waals surface area contributed by atoms with Crippen molar-refractivity contribution in [3.8, 4) is 5.75 Å². The molecule has 0 aliphatic carbocycles. The molecule has 0 saturated carbocycles. The molecule has 0 saturated heterocycles. The molecule has 0 fully saturated rings. The topological polar surface area (TPSA) is 39.1 Å². The monoisotopic (exact) mass is 309 g/mol. The Morgan fingerprint density at radius 2 is 1.87 bits per heavy atom. The van der Waals surface area contributed by atoms with E-state index in [0.717, 1.165) is 48.6 Å². The van der Waals surface area contributed by atoms with Crippen LogP contribution < -0.4 is 10.2 Å². The highest BCUT2D eigenvalue weighted by Crippen LogP contribution is 2.16. The van der Waals surface area contributed by atoms with Crippen molar-refractivity contribution < 1.29 is 4.74 Å². The van der Waals surface area contributed by atoms with Gasteiger partial charge in [-0.15, -0.1) is 0 Å². The molecule has 0 amide bonds. The number of aryl methyl sites for hydroxylation is 1. The Kier molecular flexibility index (Phi) is 4.81. The lowest BCUT2D eigenvalue weighted by atomic mass is 10.2. The van der Waals surface area contributed by atoms with Gasteiger partial charge in [0.2, 0.25) is 0 Å². The molecule has 1 aromatic heterocycles. The number of rotatable bonds is 7. The molecular formula is C19H23N3O. The number of imidazole rings is 1. The van der Waals surface area contributed by atoms with E-state index in [1.165, 1.54) is 5.56 Å². The summed E-state index contributed by atoms with van der Waals surface area (Å²) in [4.78, 5) is 4.56. The Balaban J connectivity index is 1.64. The number of hydrogen-bond donors (Lipinski definition) is 1. The Morgan fingerprint density at radius 1 is 1.09 bits per heavy atom. The third-order valence-electron chi connectivity index (χ3n) is 3.86. The van der Waals surface area contributed by atoms with Crippen LogP contribution in [0.3, 0.4) is 0 Å². The van der Waals surface area contributed by atoms with Gasteiger partial charge in [-0.3, -0.25) is 0 Å². The summed E-state index contributed by atoms with van der Waals surface area (Å²) in [6.45, 7) is 5.71. The summed E-state index contributed by atoms with van der Waals surface area (Å²) in [5.41, 5.74) is 6.76. The third kappa shape index (κ3) is 3.65. The van der Waals surface area contributed by atoms with Gasteiger partial charge < -0.3 is 10.2 Å². The summed E-state index contributed by atoms with van der Waals surface area (Å²) in [5.74, 6) is 1.90. The normalized spacial score (nSPS) is 10.9. The predicted molar refractivity (Wildman–Crippen MR) is 94.4 cm³/mol. The second kappa shape index (κ2) is 7.18. The van der Waals surface area contributed by atoms with Crippen LogP contribution in [0.1, 0.15) is 31.2 Å². The van der Waals surface area contributed by atoms with E-state index in [9.17, 15) is 0 Å². The number of aromatic nitrogens is 2. The molecule has 0 aliphatic rings. The molecular weight excluding hydrogens is 286 g/mol. The second-order valence-corrected chi connectivity index (χ2v) is 5.66. The number of para-hydroxylation sites is 2. The second-order valence-electron chi connectivity index (χ2n) is 5.66. The quantitative estimate of drug-likeness (QED) is 0.663. The van der Waals surface area contributed by atoms with Gasteiger partial charge >= 0.3 is 0 Å². The fourth-order valence-electron chi connectivity index (χ4n) is 2.55. The number of unbranched alkanes of at least 4 members (excludes halogenated alkanes) is 1. The lowest BCUT2D eigenvalue weighted by Gasteiger charge is -2.11. The fourth-order valence-corrected chi connectivity index (χ4v) is 2.55. The molecule has 2 aromatic carbocycles. The Labute approximate surface area is 137 Å². The maximum Gasteiger partial charge on any atom is 0.125 e. The van der Waals surface area contributed by atoms with Crippen LogP contribution in [0.15, 0.2) is 48.5 Å². The van der Waals surface area contributed by atoms with Gasteiger partial charge in [-0.1, -0.05) is 37.6 Å². The van der Waals surface area contributed by atoms with Crippen molar-refractivity contribution >= 4 is 11.0 Å². The Hall–Kier alpha value is -2.49. The van der Waals surface area contributed by atoms with Crippen molar-refractivity contribution in [2.75, 3.05) is 12.0 Å². The standard InChI is InChI=1S/C19H23N3O/c1-3-4-13-23-17-11-9-16(10-12-17)14-20-22-15(2)21-18-7-5-6-8-19(18)22/h5-12,20H,3-4,13-14H2,1-2H3. The van der Waals surface area contributed by atoms with Crippen LogP contribution in [0.2, 0.25) is 0 Å². The summed E-state index contributed by atoms with van der Waals surface area (Å²) in [6.07, 6.45) is 2.25. The SMILES string of the molecule is CCCCOc1ccc(CNn2c(C)nc3ccccc32)cc1. The molecule has 0 bridgehead atoms. The van der Waals surface area contributed by atoms with Crippen LogP contribution in [0.25, 0.3) is 11.0 Å². The number of hydrogen-bond acceptors (Lipinski definition) is 3. The van der Waals surface area contributed by atoms with Gasteiger partial charge in [-0.25, -0.2) is 9.66 Å². The molecule has 0 aliphatic heterocycles. The minimum Gasteiger partial charge on any atom is -0.494 e. The van der Waals surface area contributed by atoms with Crippen LogP contribution >= 0.6 is 0 Å². The first-order valence-corrected chi connectivity index (χ1v) is 8.17. The first-order valence-electron chi connectivity index (χ1n) is 8.17. The van der Waals surface area contributed by atoms with Crippen LogP contribution in [-0.4, -0.2) is 16.3 Å². The minimum atomic E-state index is 0.746. The van der Waals surface area contributed by atoms with Gasteiger partial charge in [-0.05, 0) is 43.2 Å². The van der Waals surface area contributed by atoms with Crippen LogP contribution in [0.4, 0.5) is 0 Å². The number of nitrogens with zero attached hydrogens (tertiary/aromatic N) is 2. The van der Waals surface area contributed by atoms with Gasteiger partial charge in [0.05, 0.1) is 24.2 Å². The molecule has 23 heavy (non-hydrogen) atoms. The first-order chi connectivity index (χ1) is 11.3. The van der Waals surface area contributed by atoms with E-state index in [2.05, 4.69) is 35.5 Å². The summed E-state index contributed by atoms with van der Waals surface area (Å²) >= 11 is 0. The zero-order valence-corrected chi connectivity index (χ0v) is 13.7. The van der Waals surface area contributed by atoms with Crippen molar-refractivity contribution in [1.82, 2.24) is 9.66 Å². The zero-order valence-electron chi connectivity index (χ0n) is 13.7. The third-order valence-corrected chi connectivity index (χ3v) is 3.86. The molecule has 0 radical (unpaired) electrons. The smallest absolute Gasteiger partial charge is 0.125 e. The van der Waals surface area contributed by atoms with E-state index in [1.54, 1.807) is 0 Å². The lowest BCUT2D eigenvalue weighted by Crippen LogP contribution is -2.15. The van der Waals surface area contributed by atoms with Crippen LogP contribution in [0, 0.1) is 6.92 Å². The molecule has 0 unspecified atom stereocenters. The van der Waals surface area contributed by atoms with Crippen molar-refractivity contribution in [3.05, 3.63) is 59.9 Å². The van der Waals surface area contributed by atoms with Gasteiger partial charge in [-0.2, -0.15) is 0 Å². The summed E-state index contributed by atoms with van der Waals surface area (Å²) in [7, 11) is 0. The van der Waals surface area contributed by atoms with Crippen molar-refractivity contribution in [1.29, 1.82) is 0 Å². The summed E-state index contributed by atoms with van der Waals surface area (Å²) < 4.78 is 7.74. The van der Waals surface area contributed by atoms with E-state index in [4.69, 9.17) is 4.74 Å². The predicted octanol–water partition coefficient (Wildman–Crippen LogP) is 4.27. The highest BCUT2D eigenvalue weighted by atomic mass is 16.5. The van der Waals surface area contributed by atoms with E-state index in [1.807, 2.05) is 41.9 Å².